The van der Waals surface area contributed by atoms with Gasteiger partial charge in [0, 0.05) is 9.81 Å². The van der Waals surface area contributed by atoms with Gasteiger partial charge in [0.15, 0.2) is 0 Å². The molecule has 0 bridgehead atoms. The standard InChI is InChI=1S/C12H15N3O4S/c13-15-14-9-11(18)10(17)8(6-16)19-12(9)20-7-4-2-1-3-5-7/h1-5,8-12,16-18H,6H2/t8?,9-,10+,11?,12-/m0/s1. The Kier molecular flexibility index (Phi) is 5.24. The van der Waals surface area contributed by atoms with Crippen LogP contribution in [0.3, 0.4) is 0 Å². The first-order valence-corrected chi connectivity index (χ1v) is 6.93. The molecular weight excluding hydrogens is 282 g/mol. The number of aliphatic hydroxyl groups is 3. The zero-order valence-corrected chi connectivity index (χ0v) is 11.3. The first-order valence-electron chi connectivity index (χ1n) is 6.05. The van der Waals surface area contributed by atoms with E-state index in [4.69, 9.17) is 10.3 Å². The summed E-state index contributed by atoms with van der Waals surface area (Å²) in [5.41, 5.74) is 7.90. The van der Waals surface area contributed by atoms with Crippen molar-refractivity contribution in [2.75, 3.05) is 6.61 Å². The molecule has 1 aromatic carbocycles. The molecule has 0 radical (unpaired) electrons. The Bertz CT molecular complexity index is 483. The Morgan fingerprint density at radius 1 is 1.25 bits per heavy atom. The van der Waals surface area contributed by atoms with E-state index >= 15 is 0 Å². The average molecular weight is 297 g/mol. The van der Waals surface area contributed by atoms with Crippen molar-refractivity contribution in [2.24, 2.45) is 5.11 Å². The van der Waals surface area contributed by atoms with Crippen LogP contribution in [0.25, 0.3) is 10.4 Å². The zero-order valence-electron chi connectivity index (χ0n) is 10.5. The smallest absolute Gasteiger partial charge is 0.119 e. The number of benzene rings is 1. The number of azide groups is 1. The monoisotopic (exact) mass is 297 g/mol. The van der Waals surface area contributed by atoms with Crippen LogP contribution in [0.5, 0.6) is 0 Å². The number of hydrogen-bond acceptors (Lipinski definition) is 6. The molecule has 20 heavy (non-hydrogen) atoms. The molecule has 0 spiro atoms. The molecule has 1 saturated heterocycles. The number of thioether (sulfide) groups is 1. The highest BCUT2D eigenvalue weighted by molar-refractivity contribution is 7.99. The second-order valence-electron chi connectivity index (χ2n) is 4.33. The van der Waals surface area contributed by atoms with Gasteiger partial charge in [0.2, 0.25) is 0 Å². The molecule has 108 valence electrons. The van der Waals surface area contributed by atoms with Crippen molar-refractivity contribution in [3.05, 3.63) is 40.8 Å². The third-order valence-electron chi connectivity index (χ3n) is 3.03. The van der Waals surface area contributed by atoms with E-state index < -0.39 is 36.4 Å². The van der Waals surface area contributed by atoms with Gasteiger partial charge in [-0.15, -0.1) is 0 Å². The topological polar surface area (TPSA) is 119 Å². The summed E-state index contributed by atoms with van der Waals surface area (Å²) in [6.07, 6.45) is -3.47. The lowest BCUT2D eigenvalue weighted by atomic mass is 9.99. The molecule has 1 aliphatic heterocycles. The van der Waals surface area contributed by atoms with E-state index in [0.717, 1.165) is 4.90 Å². The van der Waals surface area contributed by atoms with E-state index in [1.54, 1.807) is 0 Å². The Labute approximate surface area is 119 Å². The molecule has 5 atom stereocenters. The van der Waals surface area contributed by atoms with Crippen molar-refractivity contribution in [2.45, 2.75) is 34.7 Å². The first kappa shape index (κ1) is 15.1. The maximum atomic E-state index is 10.00. The van der Waals surface area contributed by atoms with Gasteiger partial charge in [0.25, 0.3) is 0 Å². The number of hydrogen-bond donors (Lipinski definition) is 3. The number of ether oxygens (including phenoxy) is 1. The molecule has 0 aliphatic carbocycles. The molecule has 0 amide bonds. The van der Waals surface area contributed by atoms with Gasteiger partial charge in [-0.3, -0.25) is 0 Å². The lowest BCUT2D eigenvalue weighted by Gasteiger charge is -2.40. The highest BCUT2D eigenvalue weighted by Gasteiger charge is 2.44. The van der Waals surface area contributed by atoms with Gasteiger partial charge in [-0.2, -0.15) is 0 Å². The minimum absolute atomic E-state index is 0.424. The fraction of sp³-hybridized carbons (Fsp3) is 0.500. The van der Waals surface area contributed by atoms with Crippen molar-refractivity contribution >= 4 is 11.8 Å². The molecule has 1 heterocycles. The number of nitrogens with zero attached hydrogens (tertiary/aromatic N) is 3. The fourth-order valence-electron chi connectivity index (χ4n) is 1.98. The molecule has 1 aromatic rings. The van der Waals surface area contributed by atoms with Gasteiger partial charge in [0.05, 0.1) is 12.7 Å². The van der Waals surface area contributed by atoms with Gasteiger partial charge < -0.3 is 20.1 Å². The van der Waals surface area contributed by atoms with Crippen molar-refractivity contribution in [1.82, 2.24) is 0 Å². The number of aliphatic hydroxyl groups excluding tert-OH is 3. The lowest BCUT2D eigenvalue weighted by molar-refractivity contribution is -0.165. The second kappa shape index (κ2) is 6.94. The summed E-state index contributed by atoms with van der Waals surface area (Å²) in [5.74, 6) is 0. The third kappa shape index (κ3) is 3.24. The summed E-state index contributed by atoms with van der Waals surface area (Å²) >= 11 is 1.27. The molecule has 2 rings (SSSR count). The highest BCUT2D eigenvalue weighted by Crippen LogP contribution is 2.34. The van der Waals surface area contributed by atoms with Crippen molar-refractivity contribution in [1.29, 1.82) is 0 Å². The minimum Gasteiger partial charge on any atom is -0.394 e. The quantitative estimate of drug-likeness (QED) is 0.433. The fourth-order valence-corrected chi connectivity index (χ4v) is 3.12. The zero-order chi connectivity index (χ0) is 14.5. The van der Waals surface area contributed by atoms with Crippen LogP contribution in [-0.2, 0) is 4.74 Å². The lowest BCUT2D eigenvalue weighted by Crippen LogP contribution is -2.56. The predicted molar refractivity (Wildman–Crippen MR) is 73.0 cm³/mol. The third-order valence-corrected chi connectivity index (χ3v) is 4.20. The average Bonchev–Trinajstić information content (AvgIpc) is 2.47. The molecule has 0 saturated carbocycles. The molecule has 1 fully saturated rings. The van der Waals surface area contributed by atoms with Gasteiger partial charge in [-0.25, -0.2) is 0 Å². The first-order chi connectivity index (χ1) is 9.67. The van der Waals surface area contributed by atoms with Crippen LogP contribution in [0.15, 0.2) is 40.3 Å². The largest absolute Gasteiger partial charge is 0.394 e. The molecule has 2 unspecified atom stereocenters. The Hall–Kier alpha value is -1.28. The Morgan fingerprint density at radius 2 is 1.95 bits per heavy atom. The summed E-state index contributed by atoms with van der Waals surface area (Å²) in [5, 5.41) is 32.5. The van der Waals surface area contributed by atoms with Crippen molar-refractivity contribution in [3.63, 3.8) is 0 Å². The molecule has 8 heteroatoms. The van der Waals surface area contributed by atoms with E-state index in [1.165, 1.54) is 11.8 Å². The summed E-state index contributed by atoms with van der Waals surface area (Å²) in [7, 11) is 0. The van der Waals surface area contributed by atoms with Crippen LogP contribution in [-0.4, -0.2) is 51.7 Å². The molecule has 1 aliphatic rings. The molecule has 0 aromatic heterocycles. The minimum atomic E-state index is -1.29. The normalized spacial score (nSPS) is 33.5. The van der Waals surface area contributed by atoms with Crippen molar-refractivity contribution < 1.29 is 20.1 Å². The summed E-state index contributed by atoms with van der Waals surface area (Å²) in [6, 6.07) is 8.35. The van der Waals surface area contributed by atoms with Crippen LogP contribution in [0.4, 0.5) is 0 Å². The number of rotatable bonds is 4. The Balaban J connectivity index is 2.20. The SMILES string of the molecule is [N-]=[N+]=N[C@H]1C(O)[C@H](O)C(CO)O[C@H]1Sc1ccccc1. The van der Waals surface area contributed by atoms with Crippen LogP contribution in [0.1, 0.15) is 0 Å². The van der Waals surface area contributed by atoms with E-state index in [9.17, 15) is 15.3 Å². The van der Waals surface area contributed by atoms with Gasteiger partial charge in [0.1, 0.15) is 23.7 Å². The van der Waals surface area contributed by atoms with Gasteiger partial charge in [-0.1, -0.05) is 35.1 Å². The van der Waals surface area contributed by atoms with Crippen LogP contribution in [0.2, 0.25) is 0 Å². The highest BCUT2D eigenvalue weighted by atomic mass is 32.2. The summed E-state index contributed by atoms with van der Waals surface area (Å²) < 4.78 is 5.53. The molecular formula is C12H15N3O4S. The van der Waals surface area contributed by atoms with E-state index in [-0.39, 0.29) is 0 Å². The molecule has 7 nitrogen and oxygen atoms in total. The Morgan fingerprint density at radius 3 is 2.55 bits per heavy atom. The maximum absolute atomic E-state index is 10.00. The second-order valence-corrected chi connectivity index (χ2v) is 5.50. The van der Waals surface area contributed by atoms with E-state index in [0.29, 0.717) is 0 Å². The van der Waals surface area contributed by atoms with Crippen LogP contribution >= 0.6 is 11.8 Å². The van der Waals surface area contributed by atoms with E-state index in [1.807, 2.05) is 30.3 Å². The van der Waals surface area contributed by atoms with Crippen LogP contribution < -0.4 is 0 Å². The van der Waals surface area contributed by atoms with Crippen molar-refractivity contribution in [3.8, 4) is 0 Å². The molecule has 3 N–H and O–H groups in total. The summed E-state index contributed by atoms with van der Waals surface area (Å²) in [6.45, 7) is -0.424. The van der Waals surface area contributed by atoms with Gasteiger partial charge in [-0.05, 0) is 17.7 Å². The van der Waals surface area contributed by atoms with Crippen LogP contribution in [0, 0.1) is 0 Å². The predicted octanol–water partition coefficient (Wildman–Crippen LogP) is 0.897. The summed E-state index contributed by atoms with van der Waals surface area (Å²) in [4.78, 5) is 3.56. The van der Waals surface area contributed by atoms with Gasteiger partial charge >= 0.3 is 0 Å². The van der Waals surface area contributed by atoms with E-state index in [2.05, 4.69) is 10.0 Å². The maximum Gasteiger partial charge on any atom is 0.119 e.